The molecule has 2 saturated heterocycles. The van der Waals surface area contributed by atoms with Gasteiger partial charge in [0.2, 0.25) is 10.0 Å². The van der Waals surface area contributed by atoms with Gasteiger partial charge in [-0.25, -0.2) is 8.42 Å². The molecule has 176 valence electrons. The summed E-state index contributed by atoms with van der Waals surface area (Å²) < 4.78 is 32.1. The predicted octanol–water partition coefficient (Wildman–Crippen LogP) is 2.15. The van der Waals surface area contributed by atoms with E-state index in [-0.39, 0.29) is 22.7 Å². The summed E-state index contributed by atoms with van der Waals surface area (Å²) in [6.45, 7) is 3.17. The fourth-order valence-corrected chi connectivity index (χ4v) is 5.45. The molecule has 1 amide bonds. The standard InChI is InChI=1S/C22H26N4O6S/c27-22(20-15-18(26(28)29)5-8-21(20)24-9-1-2-10-24)23-16-17-3-6-19(7-4-17)33(30,31)25-11-13-32-14-12-25/h3-8,15H,1-2,9-14,16H2,(H,23,27). The van der Waals surface area contributed by atoms with Gasteiger partial charge < -0.3 is 15.0 Å². The van der Waals surface area contributed by atoms with Crippen LogP contribution in [0.1, 0.15) is 28.8 Å². The minimum atomic E-state index is -3.58. The summed E-state index contributed by atoms with van der Waals surface area (Å²) in [5.41, 5.74) is 1.53. The third-order valence-electron chi connectivity index (χ3n) is 5.87. The molecular weight excluding hydrogens is 448 g/mol. The van der Waals surface area contributed by atoms with Crippen LogP contribution in [0.25, 0.3) is 0 Å². The largest absolute Gasteiger partial charge is 0.379 e. The Kier molecular flexibility index (Phi) is 6.91. The fraction of sp³-hybridized carbons (Fsp3) is 0.409. The lowest BCUT2D eigenvalue weighted by Gasteiger charge is -2.26. The van der Waals surface area contributed by atoms with Gasteiger partial charge in [-0.2, -0.15) is 4.31 Å². The second kappa shape index (κ2) is 9.86. The molecule has 33 heavy (non-hydrogen) atoms. The molecule has 0 aromatic heterocycles. The van der Waals surface area contributed by atoms with E-state index in [1.807, 2.05) is 0 Å². The van der Waals surface area contributed by atoms with Crippen molar-refractivity contribution in [1.82, 2.24) is 9.62 Å². The molecule has 2 fully saturated rings. The highest BCUT2D eigenvalue weighted by molar-refractivity contribution is 7.89. The maximum Gasteiger partial charge on any atom is 0.270 e. The van der Waals surface area contributed by atoms with Crippen molar-refractivity contribution in [2.45, 2.75) is 24.3 Å². The zero-order chi connectivity index (χ0) is 23.4. The maximum absolute atomic E-state index is 12.9. The van der Waals surface area contributed by atoms with Gasteiger partial charge in [-0.05, 0) is 36.6 Å². The van der Waals surface area contributed by atoms with Crippen molar-refractivity contribution in [3.8, 4) is 0 Å². The minimum absolute atomic E-state index is 0.138. The Bertz CT molecular complexity index is 1120. The van der Waals surface area contributed by atoms with E-state index in [4.69, 9.17) is 4.74 Å². The molecule has 2 aromatic carbocycles. The minimum Gasteiger partial charge on any atom is -0.379 e. The van der Waals surface area contributed by atoms with E-state index in [1.54, 1.807) is 18.2 Å². The predicted molar refractivity (Wildman–Crippen MR) is 122 cm³/mol. The Balaban J connectivity index is 1.46. The quantitative estimate of drug-likeness (QED) is 0.482. The van der Waals surface area contributed by atoms with Gasteiger partial charge in [0.25, 0.3) is 11.6 Å². The molecule has 0 saturated carbocycles. The van der Waals surface area contributed by atoms with E-state index in [2.05, 4.69) is 10.2 Å². The van der Waals surface area contributed by atoms with Gasteiger partial charge in [-0.1, -0.05) is 12.1 Å². The van der Waals surface area contributed by atoms with E-state index in [0.717, 1.165) is 31.5 Å². The topological polar surface area (TPSA) is 122 Å². The van der Waals surface area contributed by atoms with E-state index in [9.17, 15) is 23.3 Å². The first-order valence-electron chi connectivity index (χ1n) is 10.8. The van der Waals surface area contributed by atoms with Gasteiger partial charge in [0.1, 0.15) is 0 Å². The number of non-ortho nitro benzene ring substituents is 1. The number of sulfonamides is 1. The molecule has 2 heterocycles. The van der Waals surface area contributed by atoms with Crippen molar-refractivity contribution < 1.29 is 22.9 Å². The zero-order valence-corrected chi connectivity index (χ0v) is 18.9. The van der Waals surface area contributed by atoms with Crippen molar-refractivity contribution in [2.75, 3.05) is 44.3 Å². The molecule has 1 N–H and O–H groups in total. The molecule has 0 aliphatic carbocycles. The van der Waals surface area contributed by atoms with Crippen LogP contribution in [0.2, 0.25) is 0 Å². The van der Waals surface area contributed by atoms with Crippen LogP contribution >= 0.6 is 0 Å². The highest BCUT2D eigenvalue weighted by Crippen LogP contribution is 2.28. The third kappa shape index (κ3) is 5.15. The molecule has 4 rings (SSSR count). The third-order valence-corrected chi connectivity index (χ3v) is 7.78. The highest BCUT2D eigenvalue weighted by Gasteiger charge is 2.26. The van der Waals surface area contributed by atoms with Crippen LogP contribution < -0.4 is 10.2 Å². The van der Waals surface area contributed by atoms with Gasteiger partial charge in [0.05, 0.1) is 34.3 Å². The molecule has 2 aromatic rings. The molecule has 0 unspecified atom stereocenters. The second-order valence-corrected chi connectivity index (χ2v) is 9.93. The smallest absolute Gasteiger partial charge is 0.270 e. The van der Waals surface area contributed by atoms with E-state index in [1.165, 1.54) is 28.6 Å². The summed E-state index contributed by atoms with van der Waals surface area (Å²) in [4.78, 5) is 25.9. The summed E-state index contributed by atoms with van der Waals surface area (Å²) in [6, 6.07) is 10.7. The lowest BCUT2D eigenvalue weighted by molar-refractivity contribution is -0.384. The number of amides is 1. The second-order valence-electron chi connectivity index (χ2n) is 8.00. The Morgan fingerprint density at radius 3 is 2.33 bits per heavy atom. The van der Waals surface area contributed by atoms with Crippen molar-refractivity contribution in [3.63, 3.8) is 0 Å². The lowest BCUT2D eigenvalue weighted by atomic mass is 10.1. The number of morpholine rings is 1. The van der Waals surface area contributed by atoms with Gasteiger partial charge in [-0.3, -0.25) is 14.9 Å². The molecule has 0 atom stereocenters. The molecule has 0 bridgehead atoms. The summed E-state index contributed by atoms with van der Waals surface area (Å²) in [6.07, 6.45) is 2.02. The average molecular weight is 475 g/mol. The monoisotopic (exact) mass is 474 g/mol. The molecule has 0 radical (unpaired) electrons. The number of carbonyl (C=O) groups excluding carboxylic acids is 1. The number of nitrogens with zero attached hydrogens (tertiary/aromatic N) is 3. The number of hydrogen-bond acceptors (Lipinski definition) is 7. The molecule has 2 aliphatic rings. The van der Waals surface area contributed by atoms with Crippen molar-refractivity contribution in [3.05, 3.63) is 63.7 Å². The highest BCUT2D eigenvalue weighted by atomic mass is 32.2. The van der Waals surface area contributed by atoms with Gasteiger partial charge >= 0.3 is 0 Å². The van der Waals surface area contributed by atoms with Gasteiger partial charge in [0, 0.05) is 44.9 Å². The Hall–Kier alpha value is -3.02. The Morgan fingerprint density at radius 2 is 1.70 bits per heavy atom. The lowest BCUT2D eigenvalue weighted by Crippen LogP contribution is -2.40. The van der Waals surface area contributed by atoms with Gasteiger partial charge in [0.15, 0.2) is 0 Å². The molecule has 11 heteroatoms. The Labute approximate surface area is 192 Å². The number of nitrogens with one attached hydrogen (secondary N) is 1. The van der Waals surface area contributed by atoms with Crippen molar-refractivity contribution in [1.29, 1.82) is 0 Å². The molecule has 2 aliphatic heterocycles. The molecular formula is C22H26N4O6S. The van der Waals surface area contributed by atoms with Crippen LogP contribution in [0.4, 0.5) is 11.4 Å². The Morgan fingerprint density at radius 1 is 1.03 bits per heavy atom. The van der Waals surface area contributed by atoms with Crippen molar-refractivity contribution >= 4 is 27.3 Å². The first kappa shape index (κ1) is 23.1. The maximum atomic E-state index is 12.9. The summed E-state index contributed by atoms with van der Waals surface area (Å²) >= 11 is 0. The number of benzene rings is 2. The zero-order valence-electron chi connectivity index (χ0n) is 18.1. The first-order valence-corrected chi connectivity index (χ1v) is 12.3. The number of rotatable bonds is 7. The van der Waals surface area contributed by atoms with E-state index >= 15 is 0 Å². The SMILES string of the molecule is O=C(NCc1ccc(S(=O)(=O)N2CCOCC2)cc1)c1cc([N+](=O)[O-])ccc1N1CCCC1. The normalized spacial score (nSPS) is 17.2. The van der Waals surface area contributed by atoms with Crippen LogP contribution in [0.5, 0.6) is 0 Å². The molecule has 10 nitrogen and oxygen atoms in total. The van der Waals surface area contributed by atoms with Crippen LogP contribution in [-0.2, 0) is 21.3 Å². The number of nitro groups is 1. The summed E-state index contributed by atoms with van der Waals surface area (Å²) in [7, 11) is -3.58. The molecule has 0 spiro atoms. The van der Waals surface area contributed by atoms with Crippen LogP contribution in [-0.4, -0.2) is 62.9 Å². The number of nitro benzene ring substituents is 1. The van der Waals surface area contributed by atoms with E-state index in [0.29, 0.717) is 32.0 Å². The van der Waals surface area contributed by atoms with E-state index < -0.39 is 20.9 Å². The summed E-state index contributed by atoms with van der Waals surface area (Å²) in [5, 5.41) is 14.0. The van der Waals surface area contributed by atoms with Crippen LogP contribution in [0.3, 0.4) is 0 Å². The van der Waals surface area contributed by atoms with Crippen LogP contribution in [0.15, 0.2) is 47.4 Å². The van der Waals surface area contributed by atoms with Crippen molar-refractivity contribution in [2.24, 2.45) is 0 Å². The number of carbonyl (C=O) groups is 1. The summed E-state index contributed by atoms with van der Waals surface area (Å²) in [5.74, 6) is -0.411. The first-order chi connectivity index (χ1) is 15.9. The number of hydrogen-bond donors (Lipinski definition) is 1. The van der Waals surface area contributed by atoms with Crippen LogP contribution in [0, 0.1) is 10.1 Å². The average Bonchev–Trinajstić information content (AvgIpc) is 3.38. The fourth-order valence-electron chi connectivity index (χ4n) is 4.05. The van der Waals surface area contributed by atoms with Gasteiger partial charge in [-0.15, -0.1) is 0 Å². The number of anilines is 1. The number of ether oxygens (including phenoxy) is 1.